The number of carbonyl (C=O) groups excluding carboxylic acids is 2. The summed E-state index contributed by atoms with van der Waals surface area (Å²) >= 11 is 1.56. The van der Waals surface area contributed by atoms with Crippen LogP contribution in [0.3, 0.4) is 0 Å². The summed E-state index contributed by atoms with van der Waals surface area (Å²) in [6, 6.07) is 2.74. The van der Waals surface area contributed by atoms with Crippen LogP contribution in [0.5, 0.6) is 17.2 Å². The maximum atomic E-state index is 13.0. The number of hydrogen-bond donors (Lipinski definition) is 1. The summed E-state index contributed by atoms with van der Waals surface area (Å²) in [6.45, 7) is 2.59. The zero-order valence-electron chi connectivity index (χ0n) is 15.0. The molecule has 1 aromatic carbocycles. The molecule has 8 heteroatoms. The van der Waals surface area contributed by atoms with Gasteiger partial charge in [-0.05, 0) is 18.6 Å². The van der Waals surface area contributed by atoms with Crippen LogP contribution in [-0.4, -0.2) is 62.3 Å². The van der Waals surface area contributed by atoms with Gasteiger partial charge in [0.25, 0.3) is 5.91 Å². The topological polar surface area (TPSA) is 77.1 Å². The summed E-state index contributed by atoms with van der Waals surface area (Å²) in [6.07, 6.45) is 0.854. The zero-order chi connectivity index (χ0) is 18.4. The lowest BCUT2D eigenvalue weighted by atomic mass is 10.1. The molecule has 0 aliphatic carbocycles. The smallest absolute Gasteiger partial charge is 0.255 e. The highest BCUT2D eigenvalue weighted by Crippen LogP contribution is 2.39. The van der Waals surface area contributed by atoms with Crippen LogP contribution in [0.25, 0.3) is 0 Å². The fourth-order valence-corrected chi connectivity index (χ4v) is 3.75. The van der Waals surface area contributed by atoms with E-state index in [0.29, 0.717) is 41.0 Å². The average molecular weight is 368 g/mol. The van der Waals surface area contributed by atoms with Crippen LogP contribution in [0.2, 0.25) is 0 Å². The number of carbonyl (C=O) groups is 2. The molecule has 1 N–H and O–H groups in total. The highest BCUT2D eigenvalue weighted by molar-refractivity contribution is 7.99. The second-order valence-electron chi connectivity index (χ2n) is 5.50. The molecule has 0 radical (unpaired) electrons. The molecular formula is C17H24N2O5S. The number of amides is 2. The first kappa shape index (κ1) is 19.2. The van der Waals surface area contributed by atoms with Gasteiger partial charge in [-0.15, -0.1) is 11.8 Å². The number of thioether (sulfide) groups is 1. The Hall–Kier alpha value is -2.09. The lowest BCUT2D eigenvalue weighted by molar-refractivity contribution is -0.124. The normalized spacial score (nSPS) is 16.5. The van der Waals surface area contributed by atoms with Crippen molar-refractivity contribution in [2.24, 2.45) is 0 Å². The Kier molecular flexibility index (Phi) is 6.81. The molecule has 1 aliphatic heterocycles. The van der Waals surface area contributed by atoms with Crippen molar-refractivity contribution in [1.29, 1.82) is 0 Å². The van der Waals surface area contributed by atoms with E-state index >= 15 is 0 Å². The Morgan fingerprint density at radius 3 is 2.36 bits per heavy atom. The molecule has 1 atom stereocenters. The van der Waals surface area contributed by atoms with E-state index in [2.05, 4.69) is 5.32 Å². The van der Waals surface area contributed by atoms with Gasteiger partial charge in [-0.2, -0.15) is 0 Å². The molecule has 1 fully saturated rings. The van der Waals surface area contributed by atoms with Gasteiger partial charge in [0.15, 0.2) is 11.5 Å². The van der Waals surface area contributed by atoms with Gasteiger partial charge in [-0.25, -0.2) is 0 Å². The SMILES string of the molecule is CCCNC(=O)C1CSCN1C(=O)c1cc(OC)c(OC)c(OC)c1. The summed E-state index contributed by atoms with van der Waals surface area (Å²) in [5.74, 6) is 1.95. The van der Waals surface area contributed by atoms with Crippen molar-refractivity contribution in [2.75, 3.05) is 39.5 Å². The van der Waals surface area contributed by atoms with Crippen LogP contribution in [0.15, 0.2) is 12.1 Å². The van der Waals surface area contributed by atoms with Crippen molar-refractivity contribution in [3.05, 3.63) is 17.7 Å². The van der Waals surface area contributed by atoms with E-state index < -0.39 is 6.04 Å². The third-order valence-electron chi connectivity index (χ3n) is 3.91. The van der Waals surface area contributed by atoms with Gasteiger partial charge in [0.1, 0.15) is 6.04 Å². The second kappa shape index (κ2) is 8.84. The van der Waals surface area contributed by atoms with Crippen LogP contribution in [0, 0.1) is 0 Å². The molecule has 1 aliphatic rings. The minimum Gasteiger partial charge on any atom is -0.493 e. The first-order valence-electron chi connectivity index (χ1n) is 8.03. The summed E-state index contributed by atoms with van der Waals surface area (Å²) in [7, 11) is 4.50. The average Bonchev–Trinajstić information content (AvgIpc) is 3.13. The Morgan fingerprint density at radius 1 is 1.20 bits per heavy atom. The molecule has 0 spiro atoms. The molecule has 7 nitrogen and oxygen atoms in total. The maximum absolute atomic E-state index is 13.0. The first-order valence-corrected chi connectivity index (χ1v) is 9.19. The highest BCUT2D eigenvalue weighted by Gasteiger charge is 2.35. The molecule has 0 aromatic heterocycles. The predicted octanol–water partition coefficient (Wildman–Crippen LogP) is 1.75. The summed E-state index contributed by atoms with van der Waals surface area (Å²) in [5, 5.41) is 2.86. The van der Waals surface area contributed by atoms with Gasteiger partial charge < -0.3 is 24.4 Å². The monoisotopic (exact) mass is 368 g/mol. The molecular weight excluding hydrogens is 344 g/mol. The minimum atomic E-state index is -0.469. The fraction of sp³-hybridized carbons (Fsp3) is 0.529. The summed E-state index contributed by atoms with van der Waals surface area (Å²) in [5.41, 5.74) is 0.394. The van der Waals surface area contributed by atoms with Crippen LogP contribution >= 0.6 is 11.8 Å². The van der Waals surface area contributed by atoms with Gasteiger partial charge in [0.05, 0.1) is 27.2 Å². The maximum Gasteiger partial charge on any atom is 0.255 e. The van der Waals surface area contributed by atoms with E-state index in [1.54, 1.807) is 28.8 Å². The van der Waals surface area contributed by atoms with Gasteiger partial charge in [-0.3, -0.25) is 9.59 Å². The largest absolute Gasteiger partial charge is 0.493 e. The summed E-state index contributed by atoms with van der Waals surface area (Å²) in [4.78, 5) is 26.8. The Balaban J connectivity index is 2.28. The summed E-state index contributed by atoms with van der Waals surface area (Å²) < 4.78 is 15.9. The number of nitrogens with zero attached hydrogens (tertiary/aromatic N) is 1. The lowest BCUT2D eigenvalue weighted by Crippen LogP contribution is -2.47. The molecule has 1 saturated heterocycles. The predicted molar refractivity (Wildman–Crippen MR) is 96.7 cm³/mol. The lowest BCUT2D eigenvalue weighted by Gasteiger charge is -2.24. The van der Waals surface area contributed by atoms with Gasteiger partial charge in [-0.1, -0.05) is 6.92 Å². The van der Waals surface area contributed by atoms with Crippen molar-refractivity contribution in [1.82, 2.24) is 10.2 Å². The molecule has 0 saturated carbocycles. The molecule has 2 rings (SSSR count). The number of methoxy groups -OCH3 is 3. The van der Waals surface area contributed by atoms with E-state index in [0.717, 1.165) is 6.42 Å². The van der Waals surface area contributed by atoms with Gasteiger partial charge in [0, 0.05) is 17.9 Å². The molecule has 138 valence electrons. The number of rotatable bonds is 7. The third-order valence-corrected chi connectivity index (χ3v) is 4.92. The third kappa shape index (κ3) is 4.12. The van der Waals surface area contributed by atoms with E-state index in [4.69, 9.17) is 14.2 Å². The van der Waals surface area contributed by atoms with E-state index in [1.165, 1.54) is 21.3 Å². The Morgan fingerprint density at radius 2 is 1.84 bits per heavy atom. The molecule has 1 unspecified atom stereocenters. The van der Waals surface area contributed by atoms with Crippen LogP contribution in [0.1, 0.15) is 23.7 Å². The highest BCUT2D eigenvalue weighted by atomic mass is 32.2. The van der Waals surface area contributed by atoms with Crippen molar-refractivity contribution in [2.45, 2.75) is 19.4 Å². The van der Waals surface area contributed by atoms with E-state index in [-0.39, 0.29) is 11.8 Å². The van der Waals surface area contributed by atoms with Crippen LogP contribution in [-0.2, 0) is 4.79 Å². The van der Waals surface area contributed by atoms with Crippen molar-refractivity contribution in [3.8, 4) is 17.2 Å². The van der Waals surface area contributed by atoms with Crippen molar-refractivity contribution in [3.63, 3.8) is 0 Å². The first-order chi connectivity index (χ1) is 12.1. The van der Waals surface area contributed by atoms with Crippen LogP contribution in [0.4, 0.5) is 0 Å². The Labute approximate surface area is 152 Å². The van der Waals surface area contributed by atoms with Crippen LogP contribution < -0.4 is 19.5 Å². The minimum absolute atomic E-state index is 0.118. The second-order valence-corrected chi connectivity index (χ2v) is 6.50. The fourth-order valence-electron chi connectivity index (χ4n) is 2.60. The number of benzene rings is 1. The zero-order valence-corrected chi connectivity index (χ0v) is 15.8. The Bertz CT molecular complexity index is 612. The molecule has 1 heterocycles. The molecule has 1 aromatic rings. The molecule has 2 amide bonds. The number of ether oxygens (including phenoxy) is 3. The van der Waals surface area contributed by atoms with E-state index in [1.807, 2.05) is 6.92 Å². The van der Waals surface area contributed by atoms with Gasteiger partial charge in [0.2, 0.25) is 11.7 Å². The quantitative estimate of drug-likeness (QED) is 0.790. The van der Waals surface area contributed by atoms with Crippen molar-refractivity contribution < 1.29 is 23.8 Å². The molecule has 0 bridgehead atoms. The van der Waals surface area contributed by atoms with Crippen molar-refractivity contribution >= 4 is 23.6 Å². The number of nitrogens with one attached hydrogen (secondary N) is 1. The van der Waals surface area contributed by atoms with E-state index in [9.17, 15) is 9.59 Å². The number of hydrogen-bond acceptors (Lipinski definition) is 6. The standard InChI is InChI=1S/C17H24N2O5S/c1-5-6-18-16(20)12-9-25-10-19(12)17(21)11-7-13(22-2)15(24-4)14(8-11)23-3/h7-8,12H,5-6,9-10H2,1-4H3,(H,18,20). The molecule has 25 heavy (non-hydrogen) atoms. The van der Waals surface area contributed by atoms with Gasteiger partial charge >= 0.3 is 0 Å².